The van der Waals surface area contributed by atoms with Crippen molar-refractivity contribution in [2.45, 2.75) is 49.6 Å². The summed E-state index contributed by atoms with van der Waals surface area (Å²) in [6.45, 7) is 11.2. The van der Waals surface area contributed by atoms with E-state index in [1.165, 1.54) is 11.8 Å². The van der Waals surface area contributed by atoms with Crippen molar-refractivity contribution >= 4 is 17.7 Å². The molecule has 0 aromatic carbocycles. The Bertz CT molecular complexity index is 539. The Balaban J connectivity index is 2.16. The molecular weight excluding hydrogens is 310 g/mol. The number of hydrogen-bond donors (Lipinski definition) is 1. The van der Waals surface area contributed by atoms with E-state index in [4.69, 9.17) is 0 Å². The van der Waals surface area contributed by atoms with Crippen molar-refractivity contribution in [2.75, 3.05) is 26.7 Å². The fourth-order valence-electron chi connectivity index (χ4n) is 2.74. The van der Waals surface area contributed by atoms with Crippen molar-refractivity contribution in [3.05, 3.63) is 18.5 Å². The van der Waals surface area contributed by atoms with E-state index < -0.39 is 0 Å². The van der Waals surface area contributed by atoms with Gasteiger partial charge in [-0.15, -0.1) is 16.8 Å². The van der Waals surface area contributed by atoms with Gasteiger partial charge in [0.25, 0.3) is 0 Å². The molecule has 1 amide bonds. The number of allylic oxidation sites excluding steroid dienone is 1. The zero-order valence-corrected chi connectivity index (χ0v) is 15.1. The molecule has 0 aliphatic carbocycles. The van der Waals surface area contributed by atoms with E-state index in [-0.39, 0.29) is 11.2 Å². The minimum absolute atomic E-state index is 0.120. The Labute approximate surface area is 142 Å². The third-order valence-electron chi connectivity index (χ3n) is 4.24. The molecule has 1 fully saturated rings. The molecule has 1 aromatic heterocycles. The predicted octanol–water partition coefficient (Wildman–Crippen LogP) is 1.89. The van der Waals surface area contributed by atoms with Gasteiger partial charge in [-0.3, -0.25) is 4.79 Å². The maximum Gasteiger partial charge on any atom is 0.235 e. The largest absolute Gasteiger partial charge is 0.345 e. The van der Waals surface area contributed by atoms with Crippen molar-refractivity contribution in [2.24, 2.45) is 0 Å². The zero-order valence-electron chi connectivity index (χ0n) is 14.3. The van der Waals surface area contributed by atoms with Gasteiger partial charge < -0.3 is 14.8 Å². The van der Waals surface area contributed by atoms with Crippen molar-refractivity contribution in [1.29, 1.82) is 0 Å². The van der Waals surface area contributed by atoms with Crippen LogP contribution in [0, 0.1) is 0 Å². The van der Waals surface area contributed by atoms with Crippen LogP contribution >= 0.6 is 11.8 Å². The summed E-state index contributed by atoms with van der Waals surface area (Å²) in [6.07, 6.45) is 4.02. The molecule has 1 saturated heterocycles. The number of carbonyl (C=O) groups is 1. The predicted molar refractivity (Wildman–Crippen MR) is 93.7 cm³/mol. The van der Waals surface area contributed by atoms with Crippen molar-refractivity contribution < 1.29 is 4.79 Å². The Morgan fingerprint density at radius 3 is 2.83 bits per heavy atom. The van der Waals surface area contributed by atoms with Crippen LogP contribution in [0.5, 0.6) is 0 Å². The highest BCUT2D eigenvalue weighted by atomic mass is 32.2. The van der Waals surface area contributed by atoms with Crippen molar-refractivity contribution in [3.63, 3.8) is 0 Å². The fraction of sp³-hybridized carbons (Fsp3) is 0.688. The maximum atomic E-state index is 12.3. The number of nitrogens with zero attached hydrogens (tertiary/aromatic N) is 4. The summed E-state index contributed by atoms with van der Waals surface area (Å²) in [7, 11) is 1.83. The highest BCUT2D eigenvalue weighted by molar-refractivity contribution is 8.00. The van der Waals surface area contributed by atoms with E-state index in [9.17, 15) is 4.79 Å². The van der Waals surface area contributed by atoms with E-state index in [1.54, 1.807) is 4.90 Å². The first-order valence-electron chi connectivity index (χ1n) is 8.24. The molecule has 0 spiro atoms. The minimum atomic E-state index is -0.173. The molecule has 0 bridgehead atoms. The molecule has 23 heavy (non-hydrogen) atoms. The molecule has 0 radical (unpaired) electrons. The van der Waals surface area contributed by atoms with Crippen LogP contribution in [0.2, 0.25) is 0 Å². The maximum absolute atomic E-state index is 12.3. The van der Waals surface area contributed by atoms with Crippen LogP contribution in [0.4, 0.5) is 0 Å². The highest BCUT2D eigenvalue weighted by Crippen LogP contribution is 2.29. The van der Waals surface area contributed by atoms with Crippen molar-refractivity contribution in [1.82, 2.24) is 25.0 Å². The molecule has 1 aromatic rings. The Hall–Kier alpha value is -1.34. The third-order valence-corrected chi connectivity index (χ3v) is 5.31. The summed E-state index contributed by atoms with van der Waals surface area (Å²) >= 11 is 1.48. The van der Waals surface area contributed by atoms with E-state index in [0.717, 1.165) is 36.9 Å². The topological polar surface area (TPSA) is 63.1 Å². The lowest BCUT2D eigenvalue weighted by molar-refractivity contribution is -0.128. The average molecular weight is 337 g/mol. The molecule has 0 saturated carbocycles. The molecule has 1 aliphatic rings. The fourth-order valence-corrected chi connectivity index (χ4v) is 3.73. The van der Waals surface area contributed by atoms with Gasteiger partial charge in [-0.2, -0.15) is 0 Å². The van der Waals surface area contributed by atoms with Gasteiger partial charge in [-0.25, -0.2) is 0 Å². The normalized spacial score (nSPS) is 17.0. The van der Waals surface area contributed by atoms with Crippen LogP contribution in [0.25, 0.3) is 0 Å². The summed E-state index contributed by atoms with van der Waals surface area (Å²) in [6, 6.07) is 0. The van der Waals surface area contributed by atoms with Crippen LogP contribution in [0.1, 0.15) is 38.4 Å². The molecule has 6 nitrogen and oxygen atoms in total. The Kier molecular flexibility index (Phi) is 6.65. The lowest BCUT2D eigenvalue weighted by atomic mass is 9.97. The van der Waals surface area contributed by atoms with Gasteiger partial charge in [0.2, 0.25) is 5.91 Å². The molecule has 0 unspecified atom stereocenters. The van der Waals surface area contributed by atoms with E-state index in [1.807, 2.05) is 27.0 Å². The number of rotatable bonds is 7. The van der Waals surface area contributed by atoms with Crippen LogP contribution in [-0.4, -0.2) is 57.5 Å². The number of thioether (sulfide) groups is 1. The number of amides is 1. The third kappa shape index (κ3) is 4.35. The number of hydrogen-bond acceptors (Lipinski definition) is 5. The summed E-state index contributed by atoms with van der Waals surface area (Å²) in [5.74, 6) is 1.58. The van der Waals surface area contributed by atoms with Gasteiger partial charge in [0, 0.05) is 26.1 Å². The van der Waals surface area contributed by atoms with Gasteiger partial charge in [0.15, 0.2) is 5.16 Å². The molecule has 2 heterocycles. The zero-order chi connectivity index (χ0) is 16.8. The molecule has 1 aliphatic heterocycles. The van der Waals surface area contributed by atoms with Crippen LogP contribution in [-0.2, 0) is 11.3 Å². The number of nitrogens with one attached hydrogen (secondary N) is 1. The van der Waals surface area contributed by atoms with E-state index in [2.05, 4.69) is 26.7 Å². The van der Waals surface area contributed by atoms with Gasteiger partial charge in [-0.05, 0) is 39.8 Å². The lowest BCUT2D eigenvalue weighted by Gasteiger charge is -2.23. The summed E-state index contributed by atoms with van der Waals surface area (Å²) in [4.78, 5) is 14.0. The number of carbonyl (C=O) groups excluding carboxylic acids is 1. The lowest BCUT2D eigenvalue weighted by Crippen LogP contribution is -2.33. The first-order chi connectivity index (χ1) is 11.1. The highest BCUT2D eigenvalue weighted by Gasteiger charge is 2.25. The number of piperidine rings is 1. The second-order valence-corrected chi connectivity index (χ2v) is 7.18. The smallest absolute Gasteiger partial charge is 0.235 e. The van der Waals surface area contributed by atoms with Gasteiger partial charge in [0.1, 0.15) is 5.82 Å². The van der Waals surface area contributed by atoms with Gasteiger partial charge in [0.05, 0.1) is 5.25 Å². The molecule has 1 atom stereocenters. The van der Waals surface area contributed by atoms with E-state index in [0.29, 0.717) is 19.0 Å². The van der Waals surface area contributed by atoms with Crippen LogP contribution < -0.4 is 5.32 Å². The summed E-state index contributed by atoms with van der Waals surface area (Å²) < 4.78 is 2.11. The summed E-state index contributed by atoms with van der Waals surface area (Å²) in [5.41, 5.74) is 0. The minimum Gasteiger partial charge on any atom is -0.345 e. The second kappa shape index (κ2) is 8.49. The standard InChI is InChI=1S/C16H27N5OS/c1-5-11-21-14(13-7-9-17-10-8-13)18-19-16(21)23-12(3)15(22)20(4)6-2/h5,12-13,17H,1,6-11H2,2-4H3/t12-/m1/s1. The van der Waals surface area contributed by atoms with Gasteiger partial charge >= 0.3 is 0 Å². The quantitative estimate of drug-likeness (QED) is 0.608. The SMILES string of the molecule is C=CCn1c(S[C@H](C)C(=O)N(C)CC)nnc1C1CCNCC1. The molecule has 128 valence electrons. The van der Waals surface area contributed by atoms with Crippen LogP contribution in [0.15, 0.2) is 17.8 Å². The van der Waals surface area contributed by atoms with Crippen molar-refractivity contribution in [3.8, 4) is 0 Å². The second-order valence-electron chi connectivity index (χ2n) is 5.88. The molecule has 2 rings (SSSR count). The molecular formula is C16H27N5OS. The Morgan fingerprint density at radius 1 is 1.52 bits per heavy atom. The van der Waals surface area contributed by atoms with Gasteiger partial charge in [-0.1, -0.05) is 17.8 Å². The summed E-state index contributed by atoms with van der Waals surface area (Å²) in [5, 5.41) is 12.8. The van der Waals surface area contributed by atoms with Crippen LogP contribution in [0.3, 0.4) is 0 Å². The molecule has 1 N–H and O–H groups in total. The number of aromatic nitrogens is 3. The first kappa shape index (κ1) is 18.0. The average Bonchev–Trinajstić information content (AvgIpc) is 2.97. The molecule has 7 heteroatoms. The Morgan fingerprint density at radius 2 is 2.22 bits per heavy atom. The first-order valence-corrected chi connectivity index (χ1v) is 9.12. The monoisotopic (exact) mass is 337 g/mol. The van der Waals surface area contributed by atoms with E-state index >= 15 is 0 Å².